The molecule has 0 spiro atoms. The van der Waals surface area contributed by atoms with Crippen molar-refractivity contribution in [1.29, 1.82) is 0 Å². The van der Waals surface area contributed by atoms with Crippen molar-refractivity contribution < 1.29 is 23.8 Å². The Labute approximate surface area is 178 Å². The summed E-state index contributed by atoms with van der Waals surface area (Å²) in [5, 5.41) is 2.79. The van der Waals surface area contributed by atoms with Gasteiger partial charge in [-0.1, -0.05) is 26.2 Å². The molecule has 2 aromatic carbocycles. The minimum atomic E-state index is -0.685. The van der Waals surface area contributed by atoms with Gasteiger partial charge in [-0.3, -0.25) is 4.79 Å². The number of carbonyl (C=O) groups excluding carboxylic acids is 2. The van der Waals surface area contributed by atoms with Gasteiger partial charge in [-0.15, -0.1) is 0 Å². The molecule has 1 amide bonds. The number of hydrogen-bond acceptors (Lipinski definition) is 5. The molecule has 0 saturated heterocycles. The topological polar surface area (TPSA) is 73.9 Å². The van der Waals surface area contributed by atoms with Gasteiger partial charge in [-0.2, -0.15) is 0 Å². The molecule has 0 aliphatic carbocycles. The predicted molar refractivity (Wildman–Crippen MR) is 117 cm³/mol. The number of nitrogens with one attached hydrogen (secondary N) is 1. The van der Waals surface area contributed by atoms with Crippen LogP contribution in [0.2, 0.25) is 0 Å². The van der Waals surface area contributed by atoms with Crippen LogP contribution in [0, 0.1) is 0 Å². The summed E-state index contributed by atoms with van der Waals surface area (Å²) >= 11 is 0. The molecule has 2 aromatic rings. The summed E-state index contributed by atoms with van der Waals surface area (Å²) in [6.07, 6.45) is 3.54. The molecule has 1 N–H and O–H groups in total. The molecule has 0 aliphatic heterocycles. The molecule has 0 aromatic heterocycles. The van der Waals surface area contributed by atoms with Gasteiger partial charge < -0.3 is 19.5 Å². The molecule has 6 heteroatoms. The van der Waals surface area contributed by atoms with Crippen molar-refractivity contribution in [3.63, 3.8) is 0 Å². The first-order valence-electron chi connectivity index (χ1n) is 10.5. The van der Waals surface area contributed by atoms with E-state index in [4.69, 9.17) is 14.2 Å². The molecule has 1 unspecified atom stereocenters. The van der Waals surface area contributed by atoms with E-state index in [9.17, 15) is 9.59 Å². The van der Waals surface area contributed by atoms with Gasteiger partial charge >= 0.3 is 5.97 Å². The van der Waals surface area contributed by atoms with Gasteiger partial charge in [0.1, 0.15) is 11.5 Å². The number of ether oxygens (including phenoxy) is 3. The largest absolute Gasteiger partial charge is 0.494 e. The number of carbonyl (C=O) groups is 2. The van der Waals surface area contributed by atoms with Crippen molar-refractivity contribution in [3.8, 4) is 11.5 Å². The average molecular weight is 414 g/mol. The van der Waals surface area contributed by atoms with Crippen LogP contribution in [0.3, 0.4) is 0 Å². The lowest BCUT2D eigenvalue weighted by molar-refractivity contribution is -0.122. The number of benzene rings is 2. The normalized spacial score (nSPS) is 11.4. The molecule has 6 nitrogen and oxygen atoms in total. The second-order valence-corrected chi connectivity index (χ2v) is 6.93. The SMILES string of the molecule is CCCCCCOC(=O)c1ccc(NC(=O)C(C)Oc2ccc(OCC)cc2)cc1. The lowest BCUT2D eigenvalue weighted by atomic mass is 10.2. The quantitative estimate of drug-likeness (QED) is 0.381. The minimum Gasteiger partial charge on any atom is -0.494 e. The van der Waals surface area contributed by atoms with Crippen LogP contribution < -0.4 is 14.8 Å². The van der Waals surface area contributed by atoms with Crippen molar-refractivity contribution in [2.24, 2.45) is 0 Å². The van der Waals surface area contributed by atoms with E-state index in [0.29, 0.717) is 30.2 Å². The highest BCUT2D eigenvalue weighted by atomic mass is 16.5. The van der Waals surface area contributed by atoms with Gasteiger partial charge in [0.2, 0.25) is 0 Å². The number of unbranched alkanes of at least 4 members (excludes halogenated alkanes) is 3. The molecular formula is C24H31NO5. The van der Waals surface area contributed by atoms with Crippen LogP contribution in [0.1, 0.15) is 56.8 Å². The van der Waals surface area contributed by atoms with Gasteiger partial charge in [-0.25, -0.2) is 4.79 Å². The van der Waals surface area contributed by atoms with Gasteiger partial charge in [0.05, 0.1) is 18.8 Å². The zero-order valence-electron chi connectivity index (χ0n) is 18.0. The highest BCUT2D eigenvalue weighted by molar-refractivity contribution is 5.95. The van der Waals surface area contributed by atoms with E-state index in [1.165, 1.54) is 0 Å². The van der Waals surface area contributed by atoms with E-state index in [0.717, 1.165) is 31.4 Å². The van der Waals surface area contributed by atoms with Crippen molar-refractivity contribution >= 4 is 17.6 Å². The fraction of sp³-hybridized carbons (Fsp3) is 0.417. The summed E-state index contributed by atoms with van der Waals surface area (Å²) in [5.41, 5.74) is 1.05. The molecular weight excluding hydrogens is 382 g/mol. The summed E-state index contributed by atoms with van der Waals surface area (Å²) in [6.45, 7) is 6.75. The lowest BCUT2D eigenvalue weighted by Gasteiger charge is -2.15. The second kappa shape index (κ2) is 12.5. The third-order valence-corrected chi connectivity index (χ3v) is 4.44. The van der Waals surface area contributed by atoms with Crippen LogP contribution in [-0.4, -0.2) is 31.2 Å². The maximum Gasteiger partial charge on any atom is 0.338 e. The minimum absolute atomic E-state index is 0.282. The molecule has 162 valence electrons. The molecule has 30 heavy (non-hydrogen) atoms. The van der Waals surface area contributed by atoms with E-state index < -0.39 is 6.10 Å². The average Bonchev–Trinajstić information content (AvgIpc) is 2.75. The molecule has 0 radical (unpaired) electrons. The van der Waals surface area contributed by atoms with Crippen LogP contribution >= 0.6 is 0 Å². The molecule has 0 saturated carbocycles. The van der Waals surface area contributed by atoms with E-state index >= 15 is 0 Å². The monoisotopic (exact) mass is 413 g/mol. The van der Waals surface area contributed by atoms with Crippen molar-refractivity contribution in [1.82, 2.24) is 0 Å². The third kappa shape index (κ3) is 7.78. The van der Waals surface area contributed by atoms with E-state index in [-0.39, 0.29) is 11.9 Å². The number of esters is 1. The highest BCUT2D eigenvalue weighted by Gasteiger charge is 2.15. The second-order valence-electron chi connectivity index (χ2n) is 6.93. The van der Waals surface area contributed by atoms with E-state index in [1.54, 1.807) is 55.5 Å². The van der Waals surface area contributed by atoms with Crippen LogP contribution in [0.15, 0.2) is 48.5 Å². The first-order valence-corrected chi connectivity index (χ1v) is 10.5. The maximum absolute atomic E-state index is 12.4. The molecule has 0 heterocycles. The number of anilines is 1. The Hall–Kier alpha value is -3.02. The van der Waals surface area contributed by atoms with Crippen molar-refractivity contribution in [2.75, 3.05) is 18.5 Å². The molecule has 2 rings (SSSR count). The smallest absolute Gasteiger partial charge is 0.338 e. The van der Waals surface area contributed by atoms with Crippen LogP contribution in [0.4, 0.5) is 5.69 Å². The van der Waals surface area contributed by atoms with Crippen molar-refractivity contribution in [2.45, 2.75) is 52.6 Å². The highest BCUT2D eigenvalue weighted by Crippen LogP contribution is 2.19. The van der Waals surface area contributed by atoms with E-state index in [1.807, 2.05) is 6.92 Å². The molecule has 1 atom stereocenters. The van der Waals surface area contributed by atoms with Gasteiger partial charge in [0, 0.05) is 5.69 Å². The standard InChI is InChI=1S/C24H31NO5/c1-4-6-7-8-17-29-24(27)19-9-11-20(12-10-19)25-23(26)18(3)30-22-15-13-21(14-16-22)28-5-2/h9-16,18H,4-8,17H2,1-3H3,(H,25,26). The Morgan fingerprint density at radius 2 is 1.57 bits per heavy atom. The summed E-state index contributed by atoms with van der Waals surface area (Å²) in [7, 11) is 0. The zero-order valence-corrected chi connectivity index (χ0v) is 18.0. The Kier molecular flexibility index (Phi) is 9.71. The molecule has 0 fully saturated rings. The summed E-state index contributed by atoms with van der Waals surface area (Å²) < 4.78 is 16.3. The van der Waals surface area contributed by atoms with Crippen molar-refractivity contribution in [3.05, 3.63) is 54.1 Å². The van der Waals surface area contributed by atoms with Gasteiger partial charge in [0.25, 0.3) is 5.91 Å². The molecule has 0 aliphatic rings. The van der Waals surface area contributed by atoms with E-state index in [2.05, 4.69) is 12.2 Å². The van der Waals surface area contributed by atoms with Crippen LogP contribution in [0.5, 0.6) is 11.5 Å². The Bertz CT molecular complexity index is 786. The van der Waals surface area contributed by atoms with Crippen LogP contribution in [0.25, 0.3) is 0 Å². The number of hydrogen-bond donors (Lipinski definition) is 1. The fourth-order valence-corrected chi connectivity index (χ4v) is 2.75. The number of amides is 1. The Morgan fingerprint density at radius 3 is 2.20 bits per heavy atom. The fourth-order valence-electron chi connectivity index (χ4n) is 2.75. The summed E-state index contributed by atoms with van der Waals surface area (Å²) in [5.74, 6) is 0.700. The first-order chi connectivity index (χ1) is 14.5. The first kappa shape index (κ1) is 23.3. The Balaban J connectivity index is 1.80. The summed E-state index contributed by atoms with van der Waals surface area (Å²) in [4.78, 5) is 24.4. The van der Waals surface area contributed by atoms with Gasteiger partial charge in [-0.05, 0) is 68.8 Å². The van der Waals surface area contributed by atoms with Crippen LogP contribution in [-0.2, 0) is 9.53 Å². The third-order valence-electron chi connectivity index (χ3n) is 4.44. The maximum atomic E-state index is 12.4. The van der Waals surface area contributed by atoms with Gasteiger partial charge in [0.15, 0.2) is 6.10 Å². The zero-order chi connectivity index (χ0) is 21.8. The number of rotatable bonds is 12. The predicted octanol–water partition coefficient (Wildman–Crippen LogP) is 5.23. The lowest BCUT2D eigenvalue weighted by Crippen LogP contribution is -2.30. The Morgan fingerprint density at radius 1 is 0.900 bits per heavy atom. The summed E-state index contributed by atoms with van der Waals surface area (Å²) in [6, 6.07) is 13.7. The molecule has 0 bridgehead atoms.